The number of aromatic nitrogens is 2. The zero-order valence-corrected chi connectivity index (χ0v) is 12.0. The normalized spacial score (nSPS) is 26.6. The van der Waals surface area contributed by atoms with Crippen LogP contribution in [0.15, 0.2) is 12.4 Å². The molecule has 106 valence electrons. The fraction of sp³-hybridized carbons (Fsp3) is 0.714. The number of carbonyl (C=O) groups is 1. The van der Waals surface area contributed by atoms with Crippen LogP contribution in [0.1, 0.15) is 45.0 Å². The Kier molecular flexibility index (Phi) is 4.24. The van der Waals surface area contributed by atoms with Crippen molar-refractivity contribution < 1.29 is 9.53 Å². The van der Waals surface area contributed by atoms with Gasteiger partial charge >= 0.3 is 5.97 Å². The van der Waals surface area contributed by atoms with Gasteiger partial charge in [0.15, 0.2) is 0 Å². The van der Waals surface area contributed by atoms with Crippen molar-refractivity contribution >= 4 is 5.97 Å². The predicted molar refractivity (Wildman–Crippen MR) is 72.9 cm³/mol. The van der Waals surface area contributed by atoms with Gasteiger partial charge in [-0.05, 0) is 33.2 Å². The first-order valence-electron chi connectivity index (χ1n) is 7.04. The molecule has 19 heavy (non-hydrogen) atoms. The molecule has 0 amide bonds. The molecule has 0 spiro atoms. The lowest BCUT2D eigenvalue weighted by Gasteiger charge is -2.26. The Labute approximate surface area is 114 Å². The monoisotopic (exact) mass is 265 g/mol. The molecule has 2 unspecified atom stereocenters. The van der Waals surface area contributed by atoms with Crippen LogP contribution in [-0.4, -0.2) is 34.7 Å². The molecule has 0 saturated heterocycles. The second-order valence-corrected chi connectivity index (χ2v) is 5.05. The van der Waals surface area contributed by atoms with Crippen molar-refractivity contribution in [1.82, 2.24) is 14.9 Å². The van der Waals surface area contributed by atoms with Gasteiger partial charge in [-0.15, -0.1) is 0 Å². The zero-order chi connectivity index (χ0) is 13.9. The SMILES string of the molecule is CCOC(=O)C1(NC)CCC(n2ccnc2CC)C1. The van der Waals surface area contributed by atoms with E-state index in [1.165, 1.54) is 0 Å². The molecule has 0 aromatic carbocycles. The van der Waals surface area contributed by atoms with Crippen LogP contribution in [0.5, 0.6) is 0 Å². The summed E-state index contributed by atoms with van der Waals surface area (Å²) < 4.78 is 7.42. The minimum atomic E-state index is -0.532. The van der Waals surface area contributed by atoms with Gasteiger partial charge in [-0.3, -0.25) is 4.79 Å². The molecular weight excluding hydrogens is 242 g/mol. The number of carbonyl (C=O) groups excluding carboxylic acids is 1. The molecule has 1 fully saturated rings. The van der Waals surface area contributed by atoms with Gasteiger partial charge in [-0.1, -0.05) is 6.92 Å². The number of likely N-dealkylation sites (N-methyl/N-ethyl adjacent to an activating group) is 1. The van der Waals surface area contributed by atoms with E-state index in [0.717, 1.165) is 31.5 Å². The Hall–Kier alpha value is -1.36. The van der Waals surface area contributed by atoms with E-state index in [9.17, 15) is 4.79 Å². The molecule has 0 bridgehead atoms. The third-order valence-electron chi connectivity index (χ3n) is 4.09. The molecule has 2 rings (SSSR count). The second kappa shape index (κ2) is 5.74. The zero-order valence-electron chi connectivity index (χ0n) is 12.0. The number of hydrogen-bond donors (Lipinski definition) is 1. The summed E-state index contributed by atoms with van der Waals surface area (Å²) in [5, 5.41) is 3.18. The Morgan fingerprint density at radius 3 is 3.05 bits per heavy atom. The van der Waals surface area contributed by atoms with Crippen molar-refractivity contribution in [3.63, 3.8) is 0 Å². The minimum absolute atomic E-state index is 0.127. The first-order valence-corrected chi connectivity index (χ1v) is 7.04. The number of nitrogens with zero attached hydrogens (tertiary/aromatic N) is 2. The van der Waals surface area contributed by atoms with E-state index in [2.05, 4.69) is 21.8 Å². The summed E-state index contributed by atoms with van der Waals surface area (Å²) in [6.45, 7) is 4.38. The first-order chi connectivity index (χ1) is 9.16. The number of hydrogen-bond acceptors (Lipinski definition) is 4. The molecule has 1 aliphatic rings. The maximum atomic E-state index is 12.2. The molecule has 5 heteroatoms. The quantitative estimate of drug-likeness (QED) is 0.823. The Balaban J connectivity index is 2.15. The van der Waals surface area contributed by atoms with Crippen LogP contribution in [-0.2, 0) is 16.0 Å². The summed E-state index contributed by atoms with van der Waals surface area (Å²) in [6.07, 6.45) is 7.32. The summed E-state index contributed by atoms with van der Waals surface area (Å²) in [4.78, 5) is 16.5. The van der Waals surface area contributed by atoms with Crippen LogP contribution < -0.4 is 5.32 Å². The minimum Gasteiger partial charge on any atom is -0.465 e. The lowest BCUT2D eigenvalue weighted by molar-refractivity contribution is -0.150. The Morgan fingerprint density at radius 1 is 1.63 bits per heavy atom. The van der Waals surface area contributed by atoms with E-state index in [0.29, 0.717) is 12.6 Å². The summed E-state index contributed by atoms with van der Waals surface area (Å²) in [7, 11) is 1.84. The van der Waals surface area contributed by atoms with Crippen molar-refractivity contribution in [2.24, 2.45) is 0 Å². The molecule has 1 aromatic heterocycles. The average Bonchev–Trinajstić information content (AvgIpc) is 3.05. The maximum Gasteiger partial charge on any atom is 0.326 e. The van der Waals surface area contributed by atoms with Crippen LogP contribution in [0, 0.1) is 0 Å². The highest BCUT2D eigenvalue weighted by Gasteiger charge is 2.46. The van der Waals surface area contributed by atoms with Crippen molar-refractivity contribution in [1.29, 1.82) is 0 Å². The number of ether oxygens (including phenoxy) is 1. The van der Waals surface area contributed by atoms with E-state index >= 15 is 0 Å². The van der Waals surface area contributed by atoms with Crippen molar-refractivity contribution in [3.8, 4) is 0 Å². The van der Waals surface area contributed by atoms with E-state index < -0.39 is 5.54 Å². The lowest BCUT2D eigenvalue weighted by Crippen LogP contribution is -2.49. The lowest BCUT2D eigenvalue weighted by atomic mass is 9.98. The van der Waals surface area contributed by atoms with Gasteiger partial charge in [0.25, 0.3) is 0 Å². The predicted octanol–water partition coefficient (Wildman–Crippen LogP) is 1.69. The smallest absolute Gasteiger partial charge is 0.326 e. The van der Waals surface area contributed by atoms with Crippen molar-refractivity contribution in [3.05, 3.63) is 18.2 Å². The van der Waals surface area contributed by atoms with Gasteiger partial charge in [0.1, 0.15) is 11.4 Å². The fourth-order valence-corrected chi connectivity index (χ4v) is 2.99. The molecular formula is C14H23N3O2. The highest BCUT2D eigenvalue weighted by atomic mass is 16.5. The first kappa shape index (κ1) is 14.1. The molecule has 1 aromatic rings. The van der Waals surface area contributed by atoms with Gasteiger partial charge in [0, 0.05) is 24.9 Å². The van der Waals surface area contributed by atoms with Gasteiger partial charge in [-0.25, -0.2) is 4.98 Å². The Bertz CT molecular complexity index is 444. The third-order valence-corrected chi connectivity index (χ3v) is 4.09. The summed E-state index contributed by atoms with van der Waals surface area (Å²) >= 11 is 0. The van der Waals surface area contributed by atoms with Crippen LogP contribution >= 0.6 is 0 Å². The molecule has 0 aliphatic heterocycles. The number of nitrogens with one attached hydrogen (secondary N) is 1. The van der Waals surface area contributed by atoms with E-state index in [1.54, 1.807) is 0 Å². The fourth-order valence-electron chi connectivity index (χ4n) is 2.99. The van der Waals surface area contributed by atoms with E-state index in [-0.39, 0.29) is 5.97 Å². The average molecular weight is 265 g/mol. The van der Waals surface area contributed by atoms with Gasteiger partial charge in [0.05, 0.1) is 6.61 Å². The maximum absolute atomic E-state index is 12.2. The summed E-state index contributed by atoms with van der Waals surface area (Å²) in [6, 6.07) is 0.328. The highest BCUT2D eigenvalue weighted by Crippen LogP contribution is 2.39. The van der Waals surface area contributed by atoms with Gasteiger partial charge in [0.2, 0.25) is 0 Å². The topological polar surface area (TPSA) is 56.1 Å². The van der Waals surface area contributed by atoms with Crippen LogP contribution in [0.25, 0.3) is 0 Å². The van der Waals surface area contributed by atoms with Crippen LogP contribution in [0.4, 0.5) is 0 Å². The van der Waals surface area contributed by atoms with Gasteiger partial charge in [-0.2, -0.15) is 0 Å². The van der Waals surface area contributed by atoms with Crippen LogP contribution in [0.3, 0.4) is 0 Å². The molecule has 1 saturated carbocycles. The number of rotatable bonds is 5. The number of imidazole rings is 1. The second-order valence-electron chi connectivity index (χ2n) is 5.05. The van der Waals surface area contributed by atoms with E-state index in [4.69, 9.17) is 4.74 Å². The molecule has 0 radical (unpaired) electrons. The van der Waals surface area contributed by atoms with Crippen molar-refractivity contribution in [2.45, 2.75) is 51.1 Å². The largest absolute Gasteiger partial charge is 0.465 e. The summed E-state index contributed by atoms with van der Waals surface area (Å²) in [5.41, 5.74) is -0.532. The molecule has 2 atom stereocenters. The molecule has 5 nitrogen and oxygen atoms in total. The Morgan fingerprint density at radius 2 is 2.42 bits per heavy atom. The van der Waals surface area contributed by atoms with Gasteiger partial charge < -0.3 is 14.6 Å². The van der Waals surface area contributed by atoms with Crippen LogP contribution in [0.2, 0.25) is 0 Å². The molecule has 1 aliphatic carbocycles. The van der Waals surface area contributed by atoms with Crippen molar-refractivity contribution in [2.75, 3.05) is 13.7 Å². The number of aryl methyl sites for hydroxylation is 1. The highest BCUT2D eigenvalue weighted by molar-refractivity contribution is 5.81. The third kappa shape index (κ3) is 2.52. The molecule has 1 heterocycles. The van der Waals surface area contributed by atoms with E-state index in [1.807, 2.05) is 26.4 Å². The summed E-state index contributed by atoms with van der Waals surface area (Å²) in [5.74, 6) is 0.957. The number of esters is 1. The molecule has 1 N–H and O–H groups in total. The standard InChI is InChI=1S/C14H23N3O2/c1-4-12-16-8-9-17(12)11-6-7-14(10-11,15-3)13(18)19-5-2/h8-9,11,15H,4-7,10H2,1-3H3.